The normalized spacial score (nSPS) is 15.5. The van der Waals surface area contributed by atoms with Crippen LogP contribution in [0.15, 0.2) is 42.5 Å². The van der Waals surface area contributed by atoms with Crippen LogP contribution in [0.5, 0.6) is 5.75 Å². The molecule has 2 amide bonds. The minimum absolute atomic E-state index is 0.0156. The number of carbonyl (C=O) groups is 2. The summed E-state index contributed by atoms with van der Waals surface area (Å²) in [6, 6.07) is 10.6. The number of nitrogens with zero attached hydrogens (tertiary/aromatic N) is 1. The van der Waals surface area contributed by atoms with Gasteiger partial charge in [-0.3, -0.25) is 0 Å². The summed E-state index contributed by atoms with van der Waals surface area (Å²) in [5.74, 6) is -1.15. The lowest BCUT2D eigenvalue weighted by molar-refractivity contribution is -0.170. The molecule has 1 heterocycles. The van der Waals surface area contributed by atoms with Crippen LogP contribution in [0, 0.1) is 11.6 Å². The molecule has 0 aromatic heterocycles. The summed E-state index contributed by atoms with van der Waals surface area (Å²) in [6.45, 7) is 13.5. The van der Waals surface area contributed by atoms with Gasteiger partial charge in [-0.25, -0.2) is 18.4 Å². The number of hydrogen-bond donors (Lipinski definition) is 1. The van der Waals surface area contributed by atoms with Gasteiger partial charge in [-0.15, -0.1) is 0 Å². The molecule has 3 rings (SSSR count). The summed E-state index contributed by atoms with van der Waals surface area (Å²) in [5, 5.41) is 2.94. The van der Waals surface area contributed by atoms with E-state index in [0.717, 1.165) is 30.9 Å². The van der Waals surface area contributed by atoms with Crippen molar-refractivity contribution in [2.75, 3.05) is 6.54 Å². The molecule has 1 aliphatic rings. The Morgan fingerprint density at radius 2 is 1.59 bits per heavy atom. The zero-order chi connectivity index (χ0) is 27.8. The Labute approximate surface area is 219 Å². The summed E-state index contributed by atoms with van der Waals surface area (Å²) >= 11 is 0. The molecule has 204 valence electrons. The van der Waals surface area contributed by atoms with Gasteiger partial charge in [0.2, 0.25) is 0 Å². The van der Waals surface area contributed by atoms with Gasteiger partial charge < -0.3 is 19.7 Å². The minimum Gasteiger partial charge on any atom is -0.476 e. The molecule has 1 saturated heterocycles. The van der Waals surface area contributed by atoms with E-state index in [0.29, 0.717) is 17.9 Å². The van der Waals surface area contributed by atoms with Crippen molar-refractivity contribution in [3.63, 3.8) is 0 Å². The van der Waals surface area contributed by atoms with Crippen LogP contribution in [0.25, 0.3) is 0 Å². The monoisotopic (exact) mass is 518 g/mol. The van der Waals surface area contributed by atoms with Crippen molar-refractivity contribution in [1.29, 1.82) is 0 Å². The predicted molar refractivity (Wildman–Crippen MR) is 140 cm³/mol. The number of ether oxygens (including phenoxy) is 2. The summed E-state index contributed by atoms with van der Waals surface area (Å²) < 4.78 is 38.1. The Bertz CT molecular complexity index is 1030. The second-order valence-corrected chi connectivity index (χ2v) is 10.5. The van der Waals surface area contributed by atoms with Crippen LogP contribution in [0.4, 0.5) is 13.6 Å². The maximum absolute atomic E-state index is 13.4. The first-order chi connectivity index (χ1) is 17.3. The standard InChI is InChI=1S/C27H34F2N2O4.C2H6/c1-26(2,3)35-24(32)27(4,5)34-23-11-9-18(10-12-23)7-6-8-22-17-31(25(33)30-22)16-19-13-20(28)15-21(29)14-19;1-2/h9-15,22H,6-8,16-17H2,1-5H3,(H,30,33);1-2H3. The minimum atomic E-state index is -1.11. The van der Waals surface area contributed by atoms with Crippen LogP contribution in [-0.4, -0.2) is 40.7 Å². The highest BCUT2D eigenvalue weighted by Crippen LogP contribution is 2.23. The van der Waals surface area contributed by atoms with Gasteiger partial charge >= 0.3 is 12.0 Å². The van der Waals surface area contributed by atoms with Crippen molar-refractivity contribution in [2.45, 2.75) is 91.5 Å². The van der Waals surface area contributed by atoms with Gasteiger partial charge in [-0.05, 0) is 89.3 Å². The van der Waals surface area contributed by atoms with Gasteiger partial charge in [0, 0.05) is 25.2 Å². The van der Waals surface area contributed by atoms with Crippen molar-refractivity contribution < 1.29 is 27.8 Å². The second-order valence-electron chi connectivity index (χ2n) is 10.5. The molecule has 0 bridgehead atoms. The van der Waals surface area contributed by atoms with Crippen LogP contribution in [0.1, 0.15) is 72.4 Å². The number of rotatable bonds is 9. The summed E-state index contributed by atoms with van der Waals surface area (Å²) in [6.07, 6.45) is 2.46. The first-order valence-corrected chi connectivity index (χ1v) is 12.8. The van der Waals surface area contributed by atoms with Crippen LogP contribution in [0.3, 0.4) is 0 Å². The first-order valence-electron chi connectivity index (χ1n) is 12.8. The van der Waals surface area contributed by atoms with E-state index in [-0.39, 0.29) is 18.6 Å². The average molecular weight is 519 g/mol. The number of carbonyl (C=O) groups excluding carboxylic acids is 2. The Balaban J connectivity index is 0.00000235. The quantitative estimate of drug-likeness (QED) is 0.390. The number of halogens is 2. The fraction of sp³-hybridized carbons (Fsp3) is 0.517. The molecule has 0 aliphatic carbocycles. The lowest BCUT2D eigenvalue weighted by Gasteiger charge is -2.29. The van der Waals surface area contributed by atoms with E-state index in [1.165, 1.54) is 12.1 Å². The molecule has 37 heavy (non-hydrogen) atoms. The Kier molecular flexibility index (Phi) is 10.5. The van der Waals surface area contributed by atoms with Crippen LogP contribution in [0.2, 0.25) is 0 Å². The summed E-state index contributed by atoms with van der Waals surface area (Å²) in [7, 11) is 0. The smallest absolute Gasteiger partial charge is 0.350 e. The molecule has 8 heteroatoms. The molecule has 0 radical (unpaired) electrons. The number of esters is 1. The van der Waals surface area contributed by atoms with Gasteiger partial charge in [0.15, 0.2) is 5.60 Å². The average Bonchev–Trinajstić information content (AvgIpc) is 3.13. The fourth-order valence-electron chi connectivity index (χ4n) is 3.90. The predicted octanol–water partition coefficient (Wildman–Crippen LogP) is 6.41. The first kappa shape index (κ1) is 30.1. The van der Waals surface area contributed by atoms with E-state index in [9.17, 15) is 18.4 Å². The Hall–Kier alpha value is -3.16. The number of aryl methyl sites for hydroxylation is 1. The number of nitrogens with one attached hydrogen (secondary N) is 1. The summed E-state index contributed by atoms with van der Waals surface area (Å²) in [4.78, 5) is 26.2. The number of hydrogen-bond acceptors (Lipinski definition) is 4. The SMILES string of the molecule is CC.CC(C)(C)OC(=O)C(C)(C)Oc1ccc(CCCC2CN(Cc3cc(F)cc(F)c3)C(=O)N2)cc1. The van der Waals surface area contributed by atoms with Crippen LogP contribution >= 0.6 is 0 Å². The topological polar surface area (TPSA) is 67.9 Å². The van der Waals surface area contributed by atoms with E-state index in [2.05, 4.69) is 5.32 Å². The fourth-order valence-corrected chi connectivity index (χ4v) is 3.90. The number of amides is 2. The lowest BCUT2D eigenvalue weighted by atomic mass is 10.0. The van der Waals surface area contributed by atoms with Crippen molar-refractivity contribution in [3.05, 3.63) is 65.2 Å². The highest BCUT2D eigenvalue weighted by atomic mass is 19.1. The van der Waals surface area contributed by atoms with E-state index in [1.54, 1.807) is 18.7 Å². The second kappa shape index (κ2) is 12.9. The zero-order valence-corrected chi connectivity index (χ0v) is 23.0. The largest absolute Gasteiger partial charge is 0.476 e. The van der Waals surface area contributed by atoms with E-state index < -0.39 is 28.8 Å². The zero-order valence-electron chi connectivity index (χ0n) is 23.0. The van der Waals surface area contributed by atoms with Crippen molar-refractivity contribution in [2.24, 2.45) is 0 Å². The third-order valence-corrected chi connectivity index (χ3v) is 5.56. The molecule has 1 fully saturated rings. The van der Waals surface area contributed by atoms with Crippen LogP contribution < -0.4 is 10.1 Å². The van der Waals surface area contributed by atoms with E-state index in [4.69, 9.17) is 9.47 Å². The molecule has 1 unspecified atom stereocenters. The Morgan fingerprint density at radius 3 is 2.16 bits per heavy atom. The van der Waals surface area contributed by atoms with E-state index >= 15 is 0 Å². The molecule has 2 aromatic rings. The van der Waals surface area contributed by atoms with Gasteiger partial charge in [0.1, 0.15) is 23.0 Å². The van der Waals surface area contributed by atoms with E-state index in [1.807, 2.05) is 58.9 Å². The van der Waals surface area contributed by atoms with Crippen molar-refractivity contribution in [3.8, 4) is 5.75 Å². The Morgan fingerprint density at radius 1 is 1.00 bits per heavy atom. The van der Waals surface area contributed by atoms with Gasteiger partial charge in [0.25, 0.3) is 0 Å². The maximum Gasteiger partial charge on any atom is 0.350 e. The number of urea groups is 1. The molecule has 1 atom stereocenters. The van der Waals surface area contributed by atoms with Crippen LogP contribution in [-0.2, 0) is 22.5 Å². The van der Waals surface area contributed by atoms with Gasteiger partial charge in [-0.1, -0.05) is 26.0 Å². The molecular formula is C29H40F2N2O4. The lowest BCUT2D eigenvalue weighted by Crippen LogP contribution is -2.43. The maximum atomic E-state index is 13.4. The molecular weight excluding hydrogens is 478 g/mol. The van der Waals surface area contributed by atoms with Crippen molar-refractivity contribution >= 4 is 12.0 Å². The van der Waals surface area contributed by atoms with Gasteiger partial charge in [-0.2, -0.15) is 0 Å². The van der Waals surface area contributed by atoms with Gasteiger partial charge in [0.05, 0.1) is 0 Å². The highest BCUT2D eigenvalue weighted by Gasteiger charge is 2.34. The molecule has 1 aliphatic heterocycles. The highest BCUT2D eigenvalue weighted by molar-refractivity contribution is 5.79. The molecule has 0 spiro atoms. The molecule has 0 saturated carbocycles. The molecule has 6 nitrogen and oxygen atoms in total. The number of benzene rings is 2. The third kappa shape index (κ3) is 9.67. The van der Waals surface area contributed by atoms with Crippen molar-refractivity contribution in [1.82, 2.24) is 10.2 Å². The molecule has 2 aromatic carbocycles. The third-order valence-electron chi connectivity index (χ3n) is 5.56. The molecule has 1 N–H and O–H groups in total. The summed E-state index contributed by atoms with van der Waals surface area (Å²) in [5.41, 5.74) is -0.160.